The molecule has 4 nitrogen and oxygen atoms in total. The van der Waals surface area contributed by atoms with Gasteiger partial charge in [0.2, 0.25) is 5.82 Å². The summed E-state index contributed by atoms with van der Waals surface area (Å²) >= 11 is 5.86. The molecule has 1 aliphatic heterocycles. The van der Waals surface area contributed by atoms with Crippen molar-refractivity contribution >= 4 is 35.0 Å². The van der Waals surface area contributed by atoms with Crippen LogP contribution in [0.5, 0.6) is 5.75 Å². The number of nitrogens with zero attached hydrogens (tertiary/aromatic N) is 2. The summed E-state index contributed by atoms with van der Waals surface area (Å²) in [6.45, 7) is 1.63. The van der Waals surface area contributed by atoms with Crippen molar-refractivity contribution in [3.05, 3.63) is 99.3 Å². The predicted molar refractivity (Wildman–Crippen MR) is 117 cm³/mol. The zero-order valence-corrected chi connectivity index (χ0v) is 18.1. The second-order valence-electron chi connectivity index (χ2n) is 7.27. The Morgan fingerprint density at radius 1 is 0.941 bits per heavy atom. The van der Waals surface area contributed by atoms with Gasteiger partial charge in [-0.2, -0.15) is 10.1 Å². The standard InChI is InChI=1S/C24H14ClF5N2O2/c1-12-17(24(33)32(31-12)23-21(29)19(27)18(26)20(28)22(23)30)10-14-3-2-4-16(9-14)34-11-13-5-7-15(25)8-6-13/h2-10H,11H2,1H3/b17-10-. The van der Waals surface area contributed by atoms with Crippen LogP contribution in [0.25, 0.3) is 6.08 Å². The number of anilines is 1. The number of benzene rings is 3. The second kappa shape index (κ2) is 9.26. The highest BCUT2D eigenvalue weighted by Crippen LogP contribution is 2.34. The maximum atomic E-state index is 14.2. The first kappa shape index (κ1) is 23.4. The van der Waals surface area contributed by atoms with Crippen molar-refractivity contribution in [1.29, 1.82) is 0 Å². The molecule has 1 amide bonds. The number of amides is 1. The van der Waals surface area contributed by atoms with Crippen LogP contribution in [-0.2, 0) is 11.4 Å². The summed E-state index contributed by atoms with van der Waals surface area (Å²) < 4.78 is 74.7. The molecule has 0 spiro atoms. The third-order valence-corrected chi connectivity index (χ3v) is 5.20. The lowest BCUT2D eigenvalue weighted by atomic mass is 10.1. The maximum absolute atomic E-state index is 14.2. The smallest absolute Gasteiger partial charge is 0.280 e. The molecule has 0 aromatic heterocycles. The van der Waals surface area contributed by atoms with Crippen LogP contribution in [0.1, 0.15) is 18.1 Å². The molecule has 0 atom stereocenters. The minimum atomic E-state index is -2.32. The molecule has 0 radical (unpaired) electrons. The van der Waals surface area contributed by atoms with Gasteiger partial charge in [-0.05, 0) is 48.4 Å². The summed E-state index contributed by atoms with van der Waals surface area (Å²) in [7, 11) is 0. The Balaban J connectivity index is 1.60. The van der Waals surface area contributed by atoms with E-state index < -0.39 is 40.7 Å². The first-order valence-electron chi connectivity index (χ1n) is 9.78. The number of ether oxygens (including phenoxy) is 1. The quantitative estimate of drug-likeness (QED) is 0.178. The fourth-order valence-corrected chi connectivity index (χ4v) is 3.35. The van der Waals surface area contributed by atoms with Crippen LogP contribution < -0.4 is 9.75 Å². The van der Waals surface area contributed by atoms with Crippen molar-refractivity contribution in [1.82, 2.24) is 0 Å². The van der Waals surface area contributed by atoms with E-state index in [1.54, 1.807) is 48.5 Å². The molecule has 0 fully saturated rings. The second-order valence-corrected chi connectivity index (χ2v) is 7.70. The van der Waals surface area contributed by atoms with Crippen molar-refractivity contribution in [3.63, 3.8) is 0 Å². The fraction of sp³-hybridized carbons (Fsp3) is 0.0833. The van der Waals surface area contributed by atoms with E-state index in [9.17, 15) is 26.7 Å². The van der Waals surface area contributed by atoms with Crippen molar-refractivity contribution < 1.29 is 31.5 Å². The van der Waals surface area contributed by atoms with Gasteiger partial charge < -0.3 is 4.74 Å². The number of hydrogen-bond donors (Lipinski definition) is 0. The first-order chi connectivity index (χ1) is 16.2. The largest absolute Gasteiger partial charge is 0.489 e. The van der Waals surface area contributed by atoms with E-state index in [0.29, 0.717) is 16.3 Å². The van der Waals surface area contributed by atoms with Gasteiger partial charge in [-0.3, -0.25) is 4.79 Å². The van der Waals surface area contributed by atoms with Crippen molar-refractivity contribution in [2.75, 3.05) is 5.01 Å². The van der Waals surface area contributed by atoms with Crippen LogP contribution in [0.2, 0.25) is 5.02 Å². The number of carbonyl (C=O) groups excluding carboxylic acids is 1. The van der Waals surface area contributed by atoms with E-state index in [0.717, 1.165) is 5.56 Å². The van der Waals surface area contributed by atoms with Crippen molar-refractivity contribution in [2.24, 2.45) is 5.10 Å². The van der Waals surface area contributed by atoms with Gasteiger partial charge in [0.05, 0.1) is 11.3 Å². The van der Waals surface area contributed by atoms with E-state index in [2.05, 4.69) is 5.10 Å². The van der Waals surface area contributed by atoms with Crippen LogP contribution in [0.15, 0.2) is 59.2 Å². The zero-order valence-electron chi connectivity index (χ0n) is 17.4. The minimum Gasteiger partial charge on any atom is -0.489 e. The highest BCUT2D eigenvalue weighted by atomic mass is 35.5. The van der Waals surface area contributed by atoms with Gasteiger partial charge in [0, 0.05) is 5.02 Å². The molecule has 4 rings (SSSR count). The Morgan fingerprint density at radius 2 is 1.56 bits per heavy atom. The summed E-state index contributed by atoms with van der Waals surface area (Å²) in [5.41, 5.74) is -0.129. The van der Waals surface area contributed by atoms with Gasteiger partial charge in [-0.25, -0.2) is 22.0 Å². The van der Waals surface area contributed by atoms with Gasteiger partial charge in [0.15, 0.2) is 23.3 Å². The van der Waals surface area contributed by atoms with Gasteiger partial charge in [0.25, 0.3) is 5.91 Å². The summed E-state index contributed by atoms with van der Waals surface area (Å²) in [6.07, 6.45) is 1.38. The molecule has 0 unspecified atom stereocenters. The van der Waals surface area contributed by atoms with E-state index in [-0.39, 0.29) is 22.9 Å². The first-order valence-corrected chi connectivity index (χ1v) is 10.2. The third kappa shape index (κ3) is 4.38. The van der Waals surface area contributed by atoms with Gasteiger partial charge in [-0.15, -0.1) is 0 Å². The molecule has 1 heterocycles. The number of halogens is 6. The number of rotatable bonds is 5. The fourth-order valence-electron chi connectivity index (χ4n) is 3.22. The van der Waals surface area contributed by atoms with E-state index in [1.165, 1.54) is 13.0 Å². The highest BCUT2D eigenvalue weighted by Gasteiger charge is 2.37. The van der Waals surface area contributed by atoms with Gasteiger partial charge in [-0.1, -0.05) is 35.9 Å². The number of hydrogen-bond acceptors (Lipinski definition) is 3. The topological polar surface area (TPSA) is 41.9 Å². The Hall–Kier alpha value is -3.72. The average Bonchev–Trinajstić information content (AvgIpc) is 3.09. The predicted octanol–water partition coefficient (Wildman–Crippen LogP) is 6.42. The lowest BCUT2D eigenvalue weighted by Crippen LogP contribution is -2.25. The molecule has 0 saturated heterocycles. The zero-order chi connectivity index (χ0) is 24.6. The Kier molecular flexibility index (Phi) is 6.39. The molecule has 10 heteroatoms. The maximum Gasteiger partial charge on any atom is 0.280 e. The number of carbonyl (C=O) groups is 1. The van der Waals surface area contributed by atoms with Crippen LogP contribution >= 0.6 is 11.6 Å². The highest BCUT2D eigenvalue weighted by molar-refractivity contribution is 6.32. The molecule has 34 heavy (non-hydrogen) atoms. The molecule has 3 aromatic carbocycles. The SMILES string of the molecule is CC1=NN(c2c(F)c(F)c(F)c(F)c2F)C(=O)/C1=C\c1cccc(OCc2ccc(Cl)cc2)c1. The molecule has 0 N–H and O–H groups in total. The van der Waals surface area contributed by atoms with E-state index >= 15 is 0 Å². The minimum absolute atomic E-state index is 0.0291. The summed E-state index contributed by atoms with van der Waals surface area (Å²) in [5.74, 6) is -11.5. The van der Waals surface area contributed by atoms with Crippen LogP contribution in [0.3, 0.4) is 0 Å². The van der Waals surface area contributed by atoms with E-state index in [1.807, 2.05) is 0 Å². The van der Waals surface area contributed by atoms with Crippen LogP contribution in [-0.4, -0.2) is 11.6 Å². The Labute approximate surface area is 195 Å². The molecule has 3 aromatic rings. The molecule has 174 valence electrons. The molecule has 0 saturated carbocycles. The monoisotopic (exact) mass is 492 g/mol. The normalized spacial score (nSPS) is 14.7. The third-order valence-electron chi connectivity index (χ3n) is 4.95. The molecular formula is C24H14ClF5N2O2. The lowest BCUT2D eigenvalue weighted by molar-refractivity contribution is -0.114. The summed E-state index contributed by atoms with van der Waals surface area (Å²) in [4.78, 5) is 12.8. The Morgan fingerprint density at radius 3 is 2.21 bits per heavy atom. The van der Waals surface area contributed by atoms with Crippen LogP contribution in [0, 0.1) is 29.1 Å². The average molecular weight is 493 g/mol. The van der Waals surface area contributed by atoms with Crippen molar-refractivity contribution in [2.45, 2.75) is 13.5 Å². The molecule has 0 bridgehead atoms. The molecule has 0 aliphatic carbocycles. The lowest BCUT2D eigenvalue weighted by Gasteiger charge is -2.15. The Bertz CT molecular complexity index is 1330. The summed E-state index contributed by atoms with van der Waals surface area (Å²) in [5, 5.41) is 4.47. The molecule has 1 aliphatic rings. The van der Waals surface area contributed by atoms with E-state index in [4.69, 9.17) is 16.3 Å². The summed E-state index contributed by atoms with van der Waals surface area (Å²) in [6, 6.07) is 13.7. The van der Waals surface area contributed by atoms with Gasteiger partial charge in [0.1, 0.15) is 18.0 Å². The van der Waals surface area contributed by atoms with Gasteiger partial charge >= 0.3 is 0 Å². The van der Waals surface area contributed by atoms with Crippen molar-refractivity contribution in [3.8, 4) is 5.75 Å². The number of hydrazone groups is 1. The van der Waals surface area contributed by atoms with Crippen LogP contribution in [0.4, 0.5) is 27.6 Å². The molecular weight excluding hydrogens is 479 g/mol.